The van der Waals surface area contributed by atoms with Gasteiger partial charge in [0.15, 0.2) is 0 Å². The Morgan fingerprint density at radius 3 is 2.32 bits per heavy atom. The van der Waals surface area contributed by atoms with Crippen LogP contribution >= 0.6 is 0 Å². The second-order valence-corrected chi connectivity index (χ2v) is 10.7. The van der Waals surface area contributed by atoms with E-state index in [0.717, 1.165) is 51.6 Å². The molecule has 0 bridgehead atoms. The van der Waals surface area contributed by atoms with E-state index in [1.807, 2.05) is 11.8 Å². The van der Waals surface area contributed by atoms with Crippen LogP contribution in [0.5, 0.6) is 5.75 Å². The number of hydrogen-bond acceptors (Lipinski definition) is 5. The Balaban J connectivity index is 1.89. The van der Waals surface area contributed by atoms with E-state index in [1.54, 1.807) is 10.6 Å². The summed E-state index contributed by atoms with van der Waals surface area (Å²) < 4.78 is 49.0. The lowest BCUT2D eigenvalue weighted by molar-refractivity contribution is 0.414. The number of aromatic nitrogens is 1. The average Bonchev–Trinajstić information content (AvgIpc) is 3.13. The minimum atomic E-state index is -4.10. The minimum absolute atomic E-state index is 0.00606. The highest BCUT2D eigenvalue weighted by Gasteiger charge is 2.25. The summed E-state index contributed by atoms with van der Waals surface area (Å²) in [5.41, 5.74) is 0.359. The van der Waals surface area contributed by atoms with Gasteiger partial charge in [-0.15, -0.1) is 0 Å². The summed E-state index contributed by atoms with van der Waals surface area (Å²) in [5.74, 6) is 0.0217. The van der Waals surface area contributed by atoms with Gasteiger partial charge in [0, 0.05) is 25.8 Å². The highest BCUT2D eigenvalue weighted by Crippen LogP contribution is 2.29. The Morgan fingerprint density at radius 2 is 1.71 bits per heavy atom. The van der Waals surface area contributed by atoms with E-state index in [1.165, 1.54) is 43.6 Å². The number of methoxy groups -OCH3 is 1. The van der Waals surface area contributed by atoms with Crippen LogP contribution in [0.2, 0.25) is 0 Å². The van der Waals surface area contributed by atoms with E-state index in [4.69, 9.17) is 4.74 Å². The van der Waals surface area contributed by atoms with E-state index >= 15 is 4.39 Å². The topological polar surface area (TPSA) is 68.6 Å². The molecule has 34 heavy (non-hydrogen) atoms. The van der Waals surface area contributed by atoms with Gasteiger partial charge in [0.25, 0.3) is 0 Å². The number of halogens is 1. The number of hydrogen-bond donors (Lipinski definition) is 0. The van der Waals surface area contributed by atoms with Gasteiger partial charge in [-0.2, -0.15) is 0 Å². The maximum atomic E-state index is 15.3. The third-order valence-corrected chi connectivity index (χ3v) is 8.24. The Hall–Kier alpha value is -2.87. The third-order valence-electron chi connectivity index (χ3n) is 6.47. The van der Waals surface area contributed by atoms with E-state index < -0.39 is 21.1 Å². The van der Waals surface area contributed by atoms with Crippen molar-refractivity contribution in [3.05, 3.63) is 58.6 Å². The van der Waals surface area contributed by atoms with Gasteiger partial charge in [0.1, 0.15) is 16.5 Å². The lowest BCUT2D eigenvalue weighted by atomic mass is 10.1. The largest absolute Gasteiger partial charge is 0.497 e. The summed E-state index contributed by atoms with van der Waals surface area (Å²) in [7, 11) is -2.61. The molecule has 2 heterocycles. The lowest BCUT2D eigenvalue weighted by Gasteiger charge is -2.24. The second-order valence-electron chi connectivity index (χ2n) is 8.77. The van der Waals surface area contributed by atoms with Crippen LogP contribution in [0.25, 0.3) is 10.9 Å². The zero-order valence-electron chi connectivity index (χ0n) is 19.7. The van der Waals surface area contributed by atoms with Crippen LogP contribution in [0.3, 0.4) is 0 Å². The molecule has 0 unspecified atom stereocenters. The molecule has 6 nitrogen and oxygen atoms in total. The molecule has 1 saturated heterocycles. The molecule has 0 saturated carbocycles. The molecule has 182 valence electrons. The molecule has 8 heteroatoms. The van der Waals surface area contributed by atoms with Crippen LogP contribution in [-0.2, 0) is 16.4 Å². The van der Waals surface area contributed by atoms with E-state index in [-0.39, 0.29) is 15.2 Å². The quantitative estimate of drug-likeness (QED) is 0.461. The van der Waals surface area contributed by atoms with Crippen molar-refractivity contribution in [2.24, 2.45) is 0 Å². The van der Waals surface area contributed by atoms with Gasteiger partial charge in [-0.1, -0.05) is 26.2 Å². The van der Waals surface area contributed by atoms with Crippen molar-refractivity contribution in [3.63, 3.8) is 0 Å². The number of aryl methyl sites for hydroxylation is 1. The first-order valence-corrected chi connectivity index (χ1v) is 13.4. The summed E-state index contributed by atoms with van der Waals surface area (Å²) in [4.78, 5) is 15.1. The van der Waals surface area contributed by atoms with Crippen LogP contribution in [0, 0.1) is 5.82 Å². The fraction of sp³-hybridized carbons (Fsp3) is 0.423. The molecule has 4 rings (SSSR count). The van der Waals surface area contributed by atoms with Gasteiger partial charge < -0.3 is 14.2 Å². The van der Waals surface area contributed by atoms with E-state index in [2.05, 4.69) is 0 Å². The number of unbranched alkanes of at least 4 members (excludes halogenated alkanes) is 1. The molecular weight excluding hydrogens is 455 g/mol. The van der Waals surface area contributed by atoms with Crippen molar-refractivity contribution in [3.8, 4) is 5.75 Å². The third kappa shape index (κ3) is 4.69. The monoisotopic (exact) mass is 486 g/mol. The fourth-order valence-electron chi connectivity index (χ4n) is 4.51. The van der Waals surface area contributed by atoms with Crippen molar-refractivity contribution < 1.29 is 17.5 Å². The first-order valence-electron chi connectivity index (χ1n) is 11.9. The summed E-state index contributed by atoms with van der Waals surface area (Å²) in [6.45, 7) is 4.11. The number of anilines is 1. The van der Waals surface area contributed by atoms with Crippen LogP contribution in [0.15, 0.2) is 57.2 Å². The Morgan fingerprint density at radius 1 is 1.03 bits per heavy atom. The molecule has 0 amide bonds. The number of ether oxygens (including phenoxy) is 1. The Bertz CT molecular complexity index is 1330. The summed E-state index contributed by atoms with van der Waals surface area (Å²) >= 11 is 0. The van der Waals surface area contributed by atoms with Gasteiger partial charge >= 0.3 is 0 Å². The first kappa shape index (κ1) is 24.3. The van der Waals surface area contributed by atoms with Crippen molar-refractivity contribution in [1.29, 1.82) is 0 Å². The fourth-order valence-corrected chi connectivity index (χ4v) is 5.88. The van der Waals surface area contributed by atoms with E-state index in [9.17, 15) is 13.2 Å². The van der Waals surface area contributed by atoms with Crippen molar-refractivity contribution >= 4 is 26.4 Å². The van der Waals surface area contributed by atoms with Crippen molar-refractivity contribution in [2.75, 3.05) is 25.1 Å². The van der Waals surface area contributed by atoms with E-state index in [0.29, 0.717) is 23.5 Å². The molecule has 0 atom stereocenters. The molecule has 0 radical (unpaired) electrons. The minimum Gasteiger partial charge on any atom is -0.497 e. The molecule has 0 spiro atoms. The maximum absolute atomic E-state index is 15.3. The molecule has 1 aliphatic rings. The molecule has 1 aromatic heterocycles. The summed E-state index contributed by atoms with van der Waals surface area (Å²) in [5, 5.41) is 0.0850. The Kier molecular flexibility index (Phi) is 7.26. The molecule has 0 N–H and O–H groups in total. The van der Waals surface area contributed by atoms with Crippen LogP contribution < -0.4 is 15.1 Å². The van der Waals surface area contributed by atoms with Crippen LogP contribution in [0.1, 0.15) is 45.4 Å². The first-order chi connectivity index (χ1) is 16.4. The normalized spacial score (nSPS) is 14.9. The maximum Gasteiger partial charge on any atom is 0.211 e. The molecule has 1 fully saturated rings. The molecular formula is C26H31FN2O4S. The number of nitrogens with zero attached hydrogens (tertiary/aromatic N) is 2. The van der Waals surface area contributed by atoms with Crippen molar-refractivity contribution in [2.45, 2.75) is 61.8 Å². The Labute approximate surface area is 199 Å². The van der Waals surface area contributed by atoms with Crippen LogP contribution in [0.4, 0.5) is 10.1 Å². The number of rotatable bonds is 7. The molecule has 0 aliphatic carbocycles. The zero-order chi connectivity index (χ0) is 24.3. The summed E-state index contributed by atoms with van der Waals surface area (Å²) in [6, 6.07) is 8.84. The SMILES string of the molecule is CCCCn1cc(S(=O)(=O)c2ccc(OC)cc2)c(=O)c2cc(F)c(N3CCCCCC3)cc21. The van der Waals surface area contributed by atoms with Gasteiger partial charge in [0.05, 0.1) is 28.6 Å². The highest BCUT2D eigenvalue weighted by atomic mass is 32.2. The van der Waals surface area contributed by atoms with Gasteiger partial charge in [-0.3, -0.25) is 4.79 Å². The van der Waals surface area contributed by atoms with Gasteiger partial charge in [0.2, 0.25) is 15.3 Å². The number of sulfone groups is 1. The molecule has 3 aromatic rings. The number of benzene rings is 2. The van der Waals surface area contributed by atoms with Crippen molar-refractivity contribution in [1.82, 2.24) is 4.57 Å². The average molecular weight is 487 g/mol. The molecule has 1 aliphatic heterocycles. The second kappa shape index (κ2) is 10.2. The van der Waals surface area contributed by atoms with Gasteiger partial charge in [-0.05, 0) is 55.7 Å². The summed E-state index contributed by atoms with van der Waals surface area (Å²) in [6.07, 6.45) is 7.37. The number of fused-ring (bicyclic) bond motifs is 1. The molecule has 2 aromatic carbocycles. The van der Waals surface area contributed by atoms with Crippen LogP contribution in [-0.4, -0.2) is 33.2 Å². The lowest BCUT2D eigenvalue weighted by Crippen LogP contribution is -2.26. The standard InChI is InChI=1S/C26H31FN2O4S/c1-3-4-13-29-18-25(34(31,32)20-11-9-19(33-2)10-12-20)26(30)21-16-22(27)24(17-23(21)29)28-14-7-5-6-8-15-28/h9-12,16-18H,3-8,13-15H2,1-2H3. The van der Waals surface area contributed by atoms with Gasteiger partial charge in [-0.25, -0.2) is 12.8 Å². The predicted molar refractivity (Wildman–Crippen MR) is 132 cm³/mol. The highest BCUT2D eigenvalue weighted by molar-refractivity contribution is 7.91. The zero-order valence-corrected chi connectivity index (χ0v) is 20.5. The number of pyridine rings is 1. The predicted octanol–water partition coefficient (Wildman–Crippen LogP) is 5.16. The smallest absolute Gasteiger partial charge is 0.211 e.